The van der Waals surface area contributed by atoms with Crippen molar-refractivity contribution in [3.63, 3.8) is 0 Å². The number of allylic oxidation sites excluding steroid dienone is 1. The van der Waals surface area contributed by atoms with Gasteiger partial charge in [0.1, 0.15) is 0 Å². The molecule has 0 bridgehead atoms. The van der Waals surface area contributed by atoms with Gasteiger partial charge in [0.15, 0.2) is 17.4 Å². The Bertz CT molecular complexity index is 824. The number of ketones is 2. The lowest BCUT2D eigenvalue weighted by atomic mass is 10.2. The van der Waals surface area contributed by atoms with Crippen LogP contribution in [0.3, 0.4) is 0 Å². The number of aliphatic carboxylic acids is 1. The summed E-state index contributed by atoms with van der Waals surface area (Å²) in [7, 11) is 0. The number of nitrogens with zero attached hydrogens (tertiary/aromatic N) is 1. The fourth-order valence-corrected chi connectivity index (χ4v) is 2.03. The summed E-state index contributed by atoms with van der Waals surface area (Å²) >= 11 is 0. The van der Waals surface area contributed by atoms with Gasteiger partial charge in [-0.2, -0.15) is 0 Å². The molecular formula is C17H13F2NO4. The highest BCUT2D eigenvalue weighted by atomic mass is 19.2. The first-order chi connectivity index (χ1) is 11.4. The van der Waals surface area contributed by atoms with Gasteiger partial charge < -0.3 is 9.67 Å². The van der Waals surface area contributed by atoms with Crippen molar-refractivity contribution >= 4 is 23.6 Å². The van der Waals surface area contributed by atoms with E-state index in [9.17, 15) is 23.2 Å². The molecule has 24 heavy (non-hydrogen) atoms. The van der Waals surface area contributed by atoms with Crippen LogP contribution >= 0.6 is 0 Å². The third-order valence-corrected chi connectivity index (χ3v) is 3.21. The van der Waals surface area contributed by atoms with Crippen LogP contribution in [0.5, 0.6) is 0 Å². The predicted octanol–water partition coefficient (Wildman–Crippen LogP) is 2.44. The van der Waals surface area contributed by atoms with Crippen molar-refractivity contribution in [2.24, 2.45) is 0 Å². The van der Waals surface area contributed by atoms with Gasteiger partial charge in [0.05, 0.1) is 6.42 Å². The Hall–Kier alpha value is -3.09. The average Bonchev–Trinajstić information content (AvgIpc) is 2.96. The number of Topliss-reactive ketones (excluding diaryl/α,β-unsaturated/α-hetero) is 1. The molecule has 2 rings (SSSR count). The molecule has 0 aliphatic rings. The number of hydrogen-bond donors (Lipinski definition) is 1. The SMILES string of the molecule is O=C(/C=C/c1cccn1Cc1ccc(F)c(F)c1)CC(=O)C(=O)O. The Labute approximate surface area is 135 Å². The standard InChI is InChI=1S/C17H13F2NO4/c18-14-6-3-11(8-15(14)19)10-20-7-1-2-12(20)4-5-13(21)9-16(22)17(23)24/h1-8H,9-10H2,(H,23,24)/b5-4+. The average molecular weight is 333 g/mol. The highest BCUT2D eigenvalue weighted by Gasteiger charge is 2.14. The van der Waals surface area contributed by atoms with Crippen molar-refractivity contribution in [3.8, 4) is 0 Å². The molecule has 0 amide bonds. The second-order valence-electron chi connectivity index (χ2n) is 5.01. The molecule has 124 valence electrons. The minimum Gasteiger partial charge on any atom is -0.475 e. The molecule has 1 aromatic carbocycles. The third-order valence-electron chi connectivity index (χ3n) is 3.21. The minimum atomic E-state index is -1.65. The first kappa shape index (κ1) is 17.3. The Morgan fingerprint density at radius 2 is 1.88 bits per heavy atom. The number of benzene rings is 1. The van der Waals surface area contributed by atoms with Gasteiger partial charge in [-0.25, -0.2) is 13.6 Å². The molecule has 2 aromatic rings. The summed E-state index contributed by atoms with van der Waals surface area (Å²) in [5.74, 6) is -5.34. The summed E-state index contributed by atoms with van der Waals surface area (Å²) in [5, 5.41) is 8.45. The first-order valence-electron chi connectivity index (χ1n) is 6.93. The largest absolute Gasteiger partial charge is 0.475 e. The van der Waals surface area contributed by atoms with Crippen LogP contribution < -0.4 is 0 Å². The van der Waals surface area contributed by atoms with Crippen molar-refractivity contribution in [2.75, 3.05) is 0 Å². The summed E-state index contributed by atoms with van der Waals surface area (Å²) in [4.78, 5) is 32.9. The molecule has 0 atom stereocenters. The zero-order chi connectivity index (χ0) is 17.7. The summed E-state index contributed by atoms with van der Waals surface area (Å²) in [6.07, 6.45) is 3.51. The Balaban J connectivity index is 2.08. The number of carbonyl (C=O) groups is 3. The van der Waals surface area contributed by atoms with Crippen molar-refractivity contribution < 1.29 is 28.3 Å². The quantitative estimate of drug-likeness (QED) is 0.480. The van der Waals surface area contributed by atoms with Crippen molar-refractivity contribution in [3.05, 3.63) is 65.5 Å². The van der Waals surface area contributed by atoms with Gasteiger partial charge in [-0.15, -0.1) is 0 Å². The molecule has 7 heteroatoms. The van der Waals surface area contributed by atoms with Crippen LogP contribution in [0.25, 0.3) is 6.08 Å². The van der Waals surface area contributed by atoms with Crippen LogP contribution in [0.2, 0.25) is 0 Å². The molecule has 0 spiro atoms. The van der Waals surface area contributed by atoms with Crippen molar-refractivity contribution in [2.45, 2.75) is 13.0 Å². The van der Waals surface area contributed by atoms with E-state index < -0.39 is 35.6 Å². The number of aromatic nitrogens is 1. The van der Waals surface area contributed by atoms with E-state index in [1.54, 1.807) is 22.9 Å². The van der Waals surface area contributed by atoms with E-state index in [-0.39, 0.29) is 6.54 Å². The molecule has 0 fully saturated rings. The van der Waals surface area contributed by atoms with Gasteiger partial charge in [0, 0.05) is 18.4 Å². The summed E-state index contributed by atoms with van der Waals surface area (Å²) in [6.45, 7) is 0.256. The molecule has 1 N–H and O–H groups in total. The Morgan fingerprint density at radius 1 is 1.12 bits per heavy atom. The maximum atomic E-state index is 13.2. The number of rotatable bonds is 7. The van der Waals surface area contributed by atoms with Crippen LogP contribution in [-0.4, -0.2) is 27.2 Å². The van der Waals surface area contributed by atoms with Crippen LogP contribution in [0.1, 0.15) is 17.7 Å². The first-order valence-corrected chi connectivity index (χ1v) is 6.93. The summed E-state index contributed by atoms with van der Waals surface area (Å²) < 4.78 is 27.8. The lowest BCUT2D eigenvalue weighted by molar-refractivity contribution is -0.149. The van der Waals surface area contributed by atoms with E-state index in [1.165, 1.54) is 12.1 Å². The number of carboxylic acid groups (broad SMARTS) is 1. The lowest BCUT2D eigenvalue weighted by Crippen LogP contribution is -2.15. The van der Waals surface area contributed by atoms with E-state index in [2.05, 4.69) is 0 Å². The van der Waals surface area contributed by atoms with Gasteiger partial charge >= 0.3 is 5.97 Å². The van der Waals surface area contributed by atoms with Gasteiger partial charge in [0.25, 0.3) is 0 Å². The highest BCUT2D eigenvalue weighted by molar-refractivity contribution is 6.37. The summed E-state index contributed by atoms with van der Waals surface area (Å²) in [5.41, 5.74) is 1.13. The molecule has 0 saturated carbocycles. The van der Waals surface area contributed by atoms with E-state index in [1.807, 2.05) is 0 Å². The van der Waals surface area contributed by atoms with Crippen molar-refractivity contribution in [1.29, 1.82) is 0 Å². The second kappa shape index (κ2) is 7.45. The number of carbonyl (C=O) groups excluding carboxylic acids is 2. The Morgan fingerprint density at radius 3 is 2.54 bits per heavy atom. The maximum Gasteiger partial charge on any atom is 0.372 e. The van der Waals surface area contributed by atoms with Gasteiger partial charge in [-0.1, -0.05) is 6.07 Å². The van der Waals surface area contributed by atoms with Gasteiger partial charge in [-0.3, -0.25) is 9.59 Å². The van der Waals surface area contributed by atoms with E-state index >= 15 is 0 Å². The van der Waals surface area contributed by atoms with Crippen LogP contribution in [0, 0.1) is 11.6 Å². The molecular weight excluding hydrogens is 320 g/mol. The topological polar surface area (TPSA) is 76.4 Å². The molecule has 0 saturated heterocycles. The molecule has 5 nitrogen and oxygen atoms in total. The highest BCUT2D eigenvalue weighted by Crippen LogP contribution is 2.13. The number of halogens is 2. The minimum absolute atomic E-state index is 0.256. The maximum absolute atomic E-state index is 13.2. The molecule has 0 aliphatic heterocycles. The van der Waals surface area contributed by atoms with Gasteiger partial charge in [-0.05, 0) is 42.0 Å². The zero-order valence-corrected chi connectivity index (χ0v) is 12.4. The fraction of sp³-hybridized carbons (Fsp3) is 0.118. The molecule has 1 aromatic heterocycles. The van der Waals surface area contributed by atoms with E-state index in [4.69, 9.17) is 5.11 Å². The fourth-order valence-electron chi connectivity index (χ4n) is 2.03. The smallest absolute Gasteiger partial charge is 0.372 e. The molecule has 1 heterocycles. The number of hydrogen-bond acceptors (Lipinski definition) is 3. The van der Waals surface area contributed by atoms with Gasteiger partial charge in [0.2, 0.25) is 5.78 Å². The monoisotopic (exact) mass is 333 g/mol. The Kier molecular flexibility index (Phi) is 5.36. The van der Waals surface area contributed by atoms with Crippen molar-refractivity contribution in [1.82, 2.24) is 4.57 Å². The zero-order valence-electron chi connectivity index (χ0n) is 12.4. The van der Waals surface area contributed by atoms with Crippen LogP contribution in [0.15, 0.2) is 42.6 Å². The third kappa shape index (κ3) is 4.45. The summed E-state index contributed by atoms with van der Waals surface area (Å²) in [6, 6.07) is 6.95. The van der Waals surface area contributed by atoms with Crippen LogP contribution in [-0.2, 0) is 20.9 Å². The van der Waals surface area contributed by atoms with E-state index in [0.29, 0.717) is 11.3 Å². The van der Waals surface area contributed by atoms with Crippen LogP contribution in [0.4, 0.5) is 8.78 Å². The molecule has 0 aliphatic carbocycles. The normalized spacial score (nSPS) is 10.9. The molecule has 0 unspecified atom stereocenters. The van der Waals surface area contributed by atoms with E-state index in [0.717, 1.165) is 18.2 Å². The predicted molar refractivity (Wildman–Crippen MR) is 81.2 cm³/mol. The second-order valence-corrected chi connectivity index (χ2v) is 5.01. The molecule has 0 radical (unpaired) electrons. The number of carboxylic acids is 1. The lowest BCUT2D eigenvalue weighted by Gasteiger charge is -2.07.